The van der Waals surface area contributed by atoms with Gasteiger partial charge in [-0.3, -0.25) is 4.79 Å². The van der Waals surface area contributed by atoms with Crippen LogP contribution >= 0.6 is 10.7 Å². The Kier molecular flexibility index (Phi) is 6.02. The topological polar surface area (TPSA) is 63.2 Å². The zero-order valence-electron chi connectivity index (χ0n) is 12.0. The average Bonchev–Trinajstić information content (AvgIpc) is 2.32. The summed E-state index contributed by atoms with van der Waals surface area (Å²) in [7, 11) is 1.54. The monoisotopic (exact) mass is 317 g/mol. The summed E-state index contributed by atoms with van der Waals surface area (Å²) >= 11 is 0. The molecule has 1 N–H and O–H groups in total. The fourth-order valence-electron chi connectivity index (χ4n) is 2.01. The Morgan fingerprint density at radius 1 is 1.20 bits per heavy atom. The molecular formula is C14H20ClNO3S. The van der Waals surface area contributed by atoms with Crippen molar-refractivity contribution in [3.8, 4) is 0 Å². The van der Waals surface area contributed by atoms with Gasteiger partial charge >= 0.3 is 0 Å². The van der Waals surface area contributed by atoms with Gasteiger partial charge in [0, 0.05) is 22.8 Å². The van der Waals surface area contributed by atoms with Gasteiger partial charge in [0.2, 0.25) is 0 Å². The Morgan fingerprint density at radius 2 is 1.85 bits per heavy atom. The van der Waals surface area contributed by atoms with Crippen molar-refractivity contribution in [2.45, 2.75) is 44.9 Å². The van der Waals surface area contributed by atoms with Crippen LogP contribution in [0.1, 0.15) is 47.7 Å². The highest BCUT2D eigenvalue weighted by Gasteiger charge is 2.18. The van der Waals surface area contributed by atoms with E-state index in [9.17, 15) is 13.2 Å². The first-order valence-corrected chi connectivity index (χ1v) is 8.92. The Morgan fingerprint density at radius 3 is 2.40 bits per heavy atom. The smallest absolute Gasteiger partial charge is 0.261 e. The molecule has 1 rings (SSSR count). The lowest BCUT2D eigenvalue weighted by Crippen LogP contribution is -2.25. The predicted octanol–water partition coefficient (Wildman–Crippen LogP) is 3.15. The van der Waals surface area contributed by atoms with Crippen molar-refractivity contribution in [2.24, 2.45) is 0 Å². The minimum atomic E-state index is -3.84. The number of hydrogen-bond donors (Lipinski definition) is 1. The lowest BCUT2D eigenvalue weighted by molar-refractivity contribution is 0.0952. The number of halogens is 1. The van der Waals surface area contributed by atoms with Gasteiger partial charge in [-0.15, -0.1) is 0 Å². The Bertz CT molecular complexity index is 597. The third kappa shape index (κ3) is 4.49. The van der Waals surface area contributed by atoms with Gasteiger partial charge in [0.15, 0.2) is 0 Å². The van der Waals surface area contributed by atoms with E-state index in [0.717, 1.165) is 24.8 Å². The molecule has 20 heavy (non-hydrogen) atoms. The van der Waals surface area contributed by atoms with Crippen LogP contribution in [0.4, 0.5) is 0 Å². The van der Waals surface area contributed by atoms with Crippen molar-refractivity contribution in [1.82, 2.24) is 5.32 Å². The summed E-state index contributed by atoms with van der Waals surface area (Å²) in [4.78, 5) is 12.1. The zero-order chi connectivity index (χ0) is 15.3. The number of hydrogen-bond acceptors (Lipinski definition) is 3. The molecule has 0 aliphatic rings. The first-order valence-electron chi connectivity index (χ1n) is 6.61. The molecule has 112 valence electrons. The lowest BCUT2D eigenvalue weighted by Gasteiger charge is -2.11. The maximum absolute atomic E-state index is 12.1. The standard InChI is InChI=1S/C14H20ClNO3S/c1-4-5-6-7-16-14(17)12-9-13(20(15,18)19)11(3)8-10(12)2/h8-9H,4-7H2,1-3H3,(H,16,17). The van der Waals surface area contributed by atoms with Crippen molar-refractivity contribution < 1.29 is 13.2 Å². The van der Waals surface area contributed by atoms with Crippen LogP contribution in [0.5, 0.6) is 0 Å². The van der Waals surface area contributed by atoms with E-state index in [1.54, 1.807) is 19.9 Å². The predicted molar refractivity (Wildman–Crippen MR) is 80.8 cm³/mol. The van der Waals surface area contributed by atoms with Crippen LogP contribution < -0.4 is 5.32 Å². The highest BCUT2D eigenvalue weighted by Crippen LogP contribution is 2.23. The third-order valence-corrected chi connectivity index (χ3v) is 4.56. The summed E-state index contributed by atoms with van der Waals surface area (Å²) < 4.78 is 22.9. The molecular weight excluding hydrogens is 298 g/mol. The number of carbonyl (C=O) groups is 1. The van der Waals surface area contributed by atoms with E-state index >= 15 is 0 Å². The molecule has 0 atom stereocenters. The van der Waals surface area contributed by atoms with Crippen molar-refractivity contribution >= 4 is 25.6 Å². The maximum atomic E-state index is 12.1. The Balaban J connectivity index is 2.98. The number of unbranched alkanes of at least 4 members (excludes halogenated alkanes) is 2. The summed E-state index contributed by atoms with van der Waals surface area (Å²) in [6.45, 7) is 6.11. The van der Waals surface area contributed by atoms with Crippen molar-refractivity contribution in [3.63, 3.8) is 0 Å². The van der Waals surface area contributed by atoms with Gasteiger partial charge in [-0.05, 0) is 37.5 Å². The molecule has 1 aromatic carbocycles. The Hall–Kier alpha value is -1.07. The third-order valence-electron chi connectivity index (χ3n) is 3.10. The van der Waals surface area contributed by atoms with Crippen LogP contribution in [0.2, 0.25) is 0 Å². The SMILES string of the molecule is CCCCCNC(=O)c1cc(S(=O)(=O)Cl)c(C)cc1C. The van der Waals surface area contributed by atoms with Crippen molar-refractivity contribution in [2.75, 3.05) is 6.54 Å². The number of amides is 1. The fourth-order valence-corrected chi connectivity index (χ4v) is 3.21. The molecule has 4 nitrogen and oxygen atoms in total. The molecule has 0 bridgehead atoms. The van der Waals surface area contributed by atoms with Gasteiger partial charge in [-0.1, -0.05) is 25.8 Å². The number of aryl methyl sites for hydroxylation is 2. The molecule has 0 radical (unpaired) electrons. The molecule has 1 aromatic rings. The zero-order valence-corrected chi connectivity index (χ0v) is 13.6. The second kappa shape index (κ2) is 7.09. The van der Waals surface area contributed by atoms with Crippen LogP contribution in [-0.4, -0.2) is 20.9 Å². The van der Waals surface area contributed by atoms with E-state index < -0.39 is 9.05 Å². The summed E-state index contributed by atoms with van der Waals surface area (Å²) in [5.41, 5.74) is 1.63. The molecule has 6 heteroatoms. The molecule has 0 saturated carbocycles. The van der Waals surface area contributed by atoms with Crippen molar-refractivity contribution in [3.05, 3.63) is 28.8 Å². The minimum Gasteiger partial charge on any atom is -0.352 e. The van der Waals surface area contributed by atoms with Gasteiger partial charge in [-0.25, -0.2) is 8.42 Å². The van der Waals surface area contributed by atoms with Gasteiger partial charge < -0.3 is 5.32 Å². The van der Waals surface area contributed by atoms with Gasteiger partial charge in [0.05, 0.1) is 4.90 Å². The van der Waals surface area contributed by atoms with Crippen LogP contribution in [0.25, 0.3) is 0 Å². The van der Waals surface area contributed by atoms with Crippen LogP contribution in [0, 0.1) is 13.8 Å². The molecule has 0 heterocycles. The van der Waals surface area contributed by atoms with E-state index in [1.165, 1.54) is 6.07 Å². The second-order valence-corrected chi connectivity index (χ2v) is 7.37. The second-order valence-electron chi connectivity index (χ2n) is 4.83. The van der Waals surface area contributed by atoms with E-state index in [2.05, 4.69) is 12.2 Å². The first kappa shape index (κ1) is 17.0. The first-order chi connectivity index (χ1) is 9.27. The number of rotatable bonds is 6. The molecule has 0 fully saturated rings. The number of carbonyl (C=O) groups excluding carboxylic acids is 1. The molecule has 0 spiro atoms. The molecule has 1 amide bonds. The largest absolute Gasteiger partial charge is 0.352 e. The minimum absolute atomic E-state index is 0.0107. The summed E-state index contributed by atoms with van der Waals surface area (Å²) in [6.07, 6.45) is 3.04. The summed E-state index contributed by atoms with van der Waals surface area (Å²) in [5, 5.41) is 2.80. The van der Waals surface area contributed by atoms with Gasteiger partial charge in [0.1, 0.15) is 0 Å². The van der Waals surface area contributed by atoms with Gasteiger partial charge in [-0.2, -0.15) is 0 Å². The van der Waals surface area contributed by atoms with E-state index in [-0.39, 0.29) is 10.8 Å². The number of nitrogens with one attached hydrogen (secondary N) is 1. The molecule has 0 aliphatic carbocycles. The summed E-state index contributed by atoms with van der Waals surface area (Å²) in [6, 6.07) is 3.01. The molecule has 0 aromatic heterocycles. The normalized spacial score (nSPS) is 11.4. The molecule has 0 unspecified atom stereocenters. The Labute approximate surface area is 124 Å². The summed E-state index contributed by atoms with van der Waals surface area (Å²) in [5.74, 6) is -0.264. The fraction of sp³-hybridized carbons (Fsp3) is 0.500. The highest BCUT2D eigenvalue weighted by molar-refractivity contribution is 8.13. The van der Waals surface area contributed by atoms with Crippen LogP contribution in [0.3, 0.4) is 0 Å². The van der Waals surface area contributed by atoms with Crippen LogP contribution in [-0.2, 0) is 9.05 Å². The maximum Gasteiger partial charge on any atom is 0.261 e. The van der Waals surface area contributed by atoms with E-state index in [4.69, 9.17) is 10.7 Å². The lowest BCUT2D eigenvalue weighted by atomic mass is 10.0. The van der Waals surface area contributed by atoms with Crippen LogP contribution in [0.15, 0.2) is 17.0 Å². The number of benzene rings is 1. The quantitative estimate of drug-likeness (QED) is 0.647. The average molecular weight is 318 g/mol. The molecule has 0 aliphatic heterocycles. The molecule has 0 saturated heterocycles. The highest BCUT2D eigenvalue weighted by atomic mass is 35.7. The van der Waals surface area contributed by atoms with E-state index in [0.29, 0.717) is 17.7 Å². The van der Waals surface area contributed by atoms with Crippen molar-refractivity contribution in [1.29, 1.82) is 0 Å². The van der Waals surface area contributed by atoms with E-state index in [1.807, 2.05) is 0 Å². The van der Waals surface area contributed by atoms with Gasteiger partial charge in [0.25, 0.3) is 15.0 Å².